The summed E-state index contributed by atoms with van der Waals surface area (Å²) >= 11 is 0. The van der Waals surface area contributed by atoms with Crippen LogP contribution in [0.4, 0.5) is 5.69 Å². The van der Waals surface area contributed by atoms with E-state index in [1.165, 1.54) is 5.56 Å². The summed E-state index contributed by atoms with van der Waals surface area (Å²) in [6.07, 6.45) is 1.44. The van der Waals surface area contributed by atoms with Crippen molar-refractivity contribution >= 4 is 22.4 Å². The Morgan fingerprint density at radius 3 is 2.75 bits per heavy atom. The molecule has 0 fully saturated rings. The third-order valence-corrected chi connectivity index (χ3v) is 5.56. The van der Waals surface area contributed by atoms with Gasteiger partial charge in [-0.25, -0.2) is 0 Å². The van der Waals surface area contributed by atoms with Gasteiger partial charge >= 0.3 is 0 Å². The first-order chi connectivity index (χ1) is 13.6. The van der Waals surface area contributed by atoms with E-state index in [1.807, 2.05) is 30.3 Å². The van der Waals surface area contributed by atoms with Crippen LogP contribution in [0.3, 0.4) is 0 Å². The van der Waals surface area contributed by atoms with Gasteiger partial charge in [-0.05, 0) is 40.8 Å². The highest BCUT2D eigenvalue weighted by atomic mass is 16.3. The molecule has 1 aliphatic rings. The van der Waals surface area contributed by atoms with Gasteiger partial charge in [0.25, 0.3) is 0 Å². The Morgan fingerprint density at radius 2 is 1.93 bits per heavy atom. The van der Waals surface area contributed by atoms with Crippen molar-refractivity contribution < 1.29 is 9.90 Å². The first-order valence-electron chi connectivity index (χ1n) is 9.88. The molecule has 1 atom stereocenters. The molecule has 0 radical (unpaired) electrons. The number of hydrogen-bond donors (Lipinski definition) is 2. The molecule has 0 spiro atoms. The van der Waals surface area contributed by atoms with Crippen LogP contribution in [0.25, 0.3) is 10.8 Å². The van der Waals surface area contributed by atoms with Crippen molar-refractivity contribution in [3.05, 3.63) is 77.4 Å². The molecule has 1 heterocycles. The van der Waals surface area contributed by atoms with E-state index in [1.54, 1.807) is 0 Å². The zero-order valence-electron chi connectivity index (χ0n) is 16.2. The number of hydrogen-bond acceptors (Lipinski definition) is 3. The summed E-state index contributed by atoms with van der Waals surface area (Å²) in [5.74, 6) is 0.0354. The molecule has 1 amide bonds. The number of anilines is 1. The maximum atomic E-state index is 12.2. The van der Waals surface area contributed by atoms with Crippen molar-refractivity contribution in [2.75, 3.05) is 25.0 Å². The van der Waals surface area contributed by atoms with Crippen molar-refractivity contribution in [2.45, 2.75) is 25.4 Å². The molecule has 4 rings (SSSR count). The second kappa shape index (κ2) is 8.03. The molecule has 2 N–H and O–H groups in total. The largest absolute Gasteiger partial charge is 0.388 e. The average molecular weight is 374 g/mol. The number of carbonyl (C=O) groups excluding carboxylic acids is 1. The monoisotopic (exact) mass is 374 g/mol. The molecule has 0 saturated carbocycles. The molecule has 144 valence electrons. The molecule has 3 aromatic carbocycles. The summed E-state index contributed by atoms with van der Waals surface area (Å²) in [6.45, 7) is 1.44. The number of benzene rings is 3. The zero-order chi connectivity index (χ0) is 19.5. The molecule has 28 heavy (non-hydrogen) atoms. The molecule has 1 unspecified atom stereocenters. The highest BCUT2D eigenvalue weighted by Crippen LogP contribution is 2.39. The highest BCUT2D eigenvalue weighted by Gasteiger charge is 2.24. The second-order valence-electron chi connectivity index (χ2n) is 7.50. The van der Waals surface area contributed by atoms with Gasteiger partial charge in [0, 0.05) is 31.4 Å². The number of aliphatic hydroxyl groups is 1. The number of nitrogens with one attached hydrogen (secondary N) is 1. The zero-order valence-corrected chi connectivity index (χ0v) is 16.2. The number of rotatable bonds is 5. The van der Waals surface area contributed by atoms with Crippen molar-refractivity contribution in [3.63, 3.8) is 0 Å². The fourth-order valence-electron chi connectivity index (χ4n) is 4.11. The van der Waals surface area contributed by atoms with Crippen LogP contribution in [-0.2, 0) is 17.6 Å². The standard InChI is InChI=1S/C24H26N2O2/c1-26-15-13-21(27)24-20(26)11-10-18-8-5-9-19(23(18)24)12-14-25-22(28)16-17-6-3-2-4-7-17/h2-11,21,27H,12-16H2,1H3,(H,25,28). The van der Waals surface area contributed by atoms with Crippen LogP contribution in [-0.4, -0.2) is 31.2 Å². The van der Waals surface area contributed by atoms with Crippen LogP contribution in [0.2, 0.25) is 0 Å². The number of fused-ring (bicyclic) bond motifs is 3. The third kappa shape index (κ3) is 3.73. The fraction of sp³-hybridized carbons (Fsp3) is 0.292. The predicted octanol–water partition coefficient (Wildman–Crippen LogP) is 3.61. The molecule has 0 aliphatic carbocycles. The Labute approximate surface area is 165 Å². The second-order valence-corrected chi connectivity index (χ2v) is 7.50. The lowest BCUT2D eigenvalue weighted by Crippen LogP contribution is -2.28. The van der Waals surface area contributed by atoms with Crippen LogP contribution in [0.1, 0.15) is 29.2 Å². The molecule has 4 heteroatoms. The smallest absolute Gasteiger partial charge is 0.224 e. The first-order valence-corrected chi connectivity index (χ1v) is 9.88. The topological polar surface area (TPSA) is 52.6 Å². The number of carbonyl (C=O) groups is 1. The van der Waals surface area contributed by atoms with Crippen molar-refractivity contribution in [1.29, 1.82) is 0 Å². The van der Waals surface area contributed by atoms with Gasteiger partial charge in [0.2, 0.25) is 5.91 Å². The van der Waals surface area contributed by atoms with E-state index in [0.717, 1.165) is 47.0 Å². The molecular weight excluding hydrogens is 348 g/mol. The number of aliphatic hydroxyl groups excluding tert-OH is 1. The van der Waals surface area contributed by atoms with Gasteiger partial charge < -0.3 is 15.3 Å². The lowest BCUT2D eigenvalue weighted by atomic mass is 9.89. The van der Waals surface area contributed by atoms with Gasteiger partial charge in [-0.15, -0.1) is 0 Å². The molecule has 1 aliphatic heterocycles. The van der Waals surface area contributed by atoms with Crippen LogP contribution in [0, 0.1) is 0 Å². The normalized spacial score (nSPS) is 16.1. The Morgan fingerprint density at radius 1 is 1.11 bits per heavy atom. The van der Waals surface area contributed by atoms with E-state index < -0.39 is 6.10 Å². The van der Waals surface area contributed by atoms with Crippen molar-refractivity contribution in [3.8, 4) is 0 Å². The van der Waals surface area contributed by atoms with E-state index in [-0.39, 0.29) is 5.91 Å². The Balaban J connectivity index is 1.53. The highest BCUT2D eigenvalue weighted by molar-refractivity contribution is 5.94. The van der Waals surface area contributed by atoms with Crippen molar-refractivity contribution in [2.24, 2.45) is 0 Å². The minimum Gasteiger partial charge on any atom is -0.388 e. The number of amides is 1. The lowest BCUT2D eigenvalue weighted by Gasteiger charge is -2.32. The quantitative estimate of drug-likeness (QED) is 0.717. The van der Waals surface area contributed by atoms with Crippen LogP contribution in [0.15, 0.2) is 60.7 Å². The van der Waals surface area contributed by atoms with Crippen LogP contribution < -0.4 is 10.2 Å². The fourth-order valence-corrected chi connectivity index (χ4v) is 4.11. The van der Waals surface area contributed by atoms with E-state index in [0.29, 0.717) is 13.0 Å². The van der Waals surface area contributed by atoms with Crippen LogP contribution >= 0.6 is 0 Å². The van der Waals surface area contributed by atoms with Gasteiger partial charge in [0.1, 0.15) is 0 Å². The molecule has 3 aromatic rings. The molecule has 4 nitrogen and oxygen atoms in total. The minimum absolute atomic E-state index is 0.0354. The first kappa shape index (κ1) is 18.5. The average Bonchev–Trinajstić information content (AvgIpc) is 2.71. The summed E-state index contributed by atoms with van der Waals surface area (Å²) in [6, 6.07) is 20.3. The third-order valence-electron chi connectivity index (χ3n) is 5.56. The van der Waals surface area contributed by atoms with E-state index in [9.17, 15) is 9.90 Å². The number of nitrogens with zero attached hydrogens (tertiary/aromatic N) is 1. The SMILES string of the molecule is CN1CCC(O)c2c1ccc1cccc(CCNC(=O)Cc3ccccc3)c21. The molecule has 0 saturated heterocycles. The predicted molar refractivity (Wildman–Crippen MR) is 114 cm³/mol. The maximum Gasteiger partial charge on any atom is 0.224 e. The summed E-state index contributed by atoms with van der Waals surface area (Å²) < 4.78 is 0. The van der Waals surface area contributed by atoms with Gasteiger partial charge in [0.05, 0.1) is 12.5 Å². The van der Waals surface area contributed by atoms with E-state index >= 15 is 0 Å². The van der Waals surface area contributed by atoms with E-state index in [2.05, 4.69) is 47.6 Å². The lowest BCUT2D eigenvalue weighted by molar-refractivity contribution is -0.120. The van der Waals surface area contributed by atoms with Gasteiger partial charge in [-0.1, -0.05) is 54.6 Å². The molecule has 0 aromatic heterocycles. The van der Waals surface area contributed by atoms with Gasteiger partial charge in [0.15, 0.2) is 0 Å². The summed E-state index contributed by atoms with van der Waals surface area (Å²) in [4.78, 5) is 14.4. The van der Waals surface area contributed by atoms with Crippen molar-refractivity contribution in [1.82, 2.24) is 5.32 Å². The summed E-state index contributed by atoms with van der Waals surface area (Å²) in [7, 11) is 2.07. The summed E-state index contributed by atoms with van der Waals surface area (Å²) in [5, 5.41) is 16.0. The molecule has 0 bridgehead atoms. The Hall–Kier alpha value is -2.85. The Kier molecular flexibility index (Phi) is 5.31. The van der Waals surface area contributed by atoms with Crippen LogP contribution in [0.5, 0.6) is 0 Å². The summed E-state index contributed by atoms with van der Waals surface area (Å²) in [5.41, 5.74) is 4.32. The molecular formula is C24H26N2O2. The van der Waals surface area contributed by atoms with Gasteiger partial charge in [-0.3, -0.25) is 4.79 Å². The van der Waals surface area contributed by atoms with E-state index in [4.69, 9.17) is 0 Å². The van der Waals surface area contributed by atoms with Gasteiger partial charge in [-0.2, -0.15) is 0 Å². The minimum atomic E-state index is -0.441. The Bertz CT molecular complexity index is 985. The maximum absolute atomic E-state index is 12.2.